The van der Waals surface area contributed by atoms with E-state index in [-0.39, 0.29) is 11.5 Å². The van der Waals surface area contributed by atoms with E-state index in [1.807, 2.05) is 20.8 Å². The summed E-state index contributed by atoms with van der Waals surface area (Å²) >= 11 is 6.43. The zero-order valence-corrected chi connectivity index (χ0v) is 20.9. The van der Waals surface area contributed by atoms with Crippen LogP contribution in [0.15, 0.2) is 18.5 Å². The van der Waals surface area contributed by atoms with Gasteiger partial charge in [-0.15, -0.1) is 0 Å². The van der Waals surface area contributed by atoms with Gasteiger partial charge in [-0.3, -0.25) is 5.10 Å². The zero-order chi connectivity index (χ0) is 24.5. The Morgan fingerprint density at radius 1 is 1.29 bits per heavy atom. The molecular formula is C23H30ClN7O3. The van der Waals surface area contributed by atoms with Gasteiger partial charge in [-0.1, -0.05) is 18.5 Å². The summed E-state index contributed by atoms with van der Waals surface area (Å²) in [5.41, 5.74) is 1.99. The molecule has 0 atom stereocenters. The number of hydrogen-bond acceptors (Lipinski definition) is 8. The predicted molar refractivity (Wildman–Crippen MR) is 130 cm³/mol. The highest BCUT2D eigenvalue weighted by Gasteiger charge is 2.32. The molecule has 0 spiro atoms. The Morgan fingerprint density at radius 3 is 2.71 bits per heavy atom. The molecule has 1 aliphatic rings. The van der Waals surface area contributed by atoms with E-state index in [1.54, 1.807) is 18.5 Å². The van der Waals surface area contributed by atoms with Crippen LogP contribution in [0.25, 0.3) is 22.4 Å². The fourth-order valence-electron chi connectivity index (χ4n) is 3.94. The lowest BCUT2D eigenvalue weighted by atomic mass is 9.80. The van der Waals surface area contributed by atoms with Gasteiger partial charge in [-0.2, -0.15) is 5.10 Å². The first-order chi connectivity index (χ1) is 16.1. The lowest BCUT2D eigenvalue weighted by Crippen LogP contribution is -2.46. The molecule has 1 fully saturated rings. The molecule has 3 aromatic heterocycles. The highest BCUT2D eigenvalue weighted by atomic mass is 35.5. The molecule has 34 heavy (non-hydrogen) atoms. The standard InChI is InChI=1S/C23H30ClN7O3/c1-22(2,3)34-21(32)27-13-23(4)7-10-31(11-8-23)15-12-26-18-17(29-30-19(18)28-15)14-6-9-25-20(33-5)16(14)24/h6,9,12H,7-8,10-11,13H2,1-5H3,(H,27,32)(H,28,29,30). The normalized spacial score (nSPS) is 15.9. The minimum atomic E-state index is -0.507. The second kappa shape index (κ2) is 9.25. The number of carbonyl (C=O) groups excluding carboxylic acids is 1. The number of alkyl carbamates (subject to hydrolysis) is 1. The lowest BCUT2D eigenvalue weighted by molar-refractivity contribution is 0.0495. The molecule has 4 heterocycles. The molecule has 1 saturated heterocycles. The monoisotopic (exact) mass is 487 g/mol. The van der Waals surface area contributed by atoms with Crippen molar-refractivity contribution >= 4 is 34.7 Å². The van der Waals surface area contributed by atoms with Gasteiger partial charge in [0.15, 0.2) is 0 Å². The van der Waals surface area contributed by atoms with Crippen LogP contribution in [0.3, 0.4) is 0 Å². The maximum atomic E-state index is 12.0. The Kier molecular flexibility index (Phi) is 6.53. The quantitative estimate of drug-likeness (QED) is 0.549. The molecular weight excluding hydrogens is 458 g/mol. The van der Waals surface area contributed by atoms with Crippen molar-refractivity contribution in [2.24, 2.45) is 5.41 Å². The number of aromatic amines is 1. The highest BCUT2D eigenvalue weighted by molar-refractivity contribution is 6.34. The van der Waals surface area contributed by atoms with Crippen LogP contribution in [0.2, 0.25) is 5.02 Å². The molecule has 1 amide bonds. The Hall–Kier alpha value is -3.14. The SMILES string of the molecule is COc1nccc(-c2[nH]nc3nc(N4CCC(C)(CNC(=O)OC(C)(C)C)CC4)cnc23)c1Cl. The Morgan fingerprint density at radius 2 is 2.03 bits per heavy atom. The number of H-pyrrole nitrogens is 1. The number of pyridine rings is 1. The molecule has 0 aliphatic carbocycles. The minimum absolute atomic E-state index is 0.0123. The van der Waals surface area contributed by atoms with Crippen molar-refractivity contribution in [1.82, 2.24) is 30.5 Å². The molecule has 0 aromatic carbocycles. The number of amides is 1. The molecule has 11 heteroatoms. The highest BCUT2D eigenvalue weighted by Crippen LogP contribution is 2.36. The van der Waals surface area contributed by atoms with E-state index in [9.17, 15) is 4.79 Å². The van der Waals surface area contributed by atoms with Gasteiger partial charge in [0.1, 0.15) is 22.0 Å². The number of ether oxygens (including phenoxy) is 2. The number of carbonyl (C=O) groups is 1. The van der Waals surface area contributed by atoms with Crippen molar-refractivity contribution in [2.75, 3.05) is 31.6 Å². The summed E-state index contributed by atoms with van der Waals surface area (Å²) in [7, 11) is 1.52. The number of halogens is 1. The second-order valence-electron chi connectivity index (χ2n) is 9.83. The van der Waals surface area contributed by atoms with E-state index in [1.165, 1.54) is 7.11 Å². The Labute approximate surface area is 203 Å². The second-order valence-corrected chi connectivity index (χ2v) is 10.2. The summed E-state index contributed by atoms with van der Waals surface area (Å²) in [4.78, 5) is 27.7. The summed E-state index contributed by atoms with van der Waals surface area (Å²) in [5, 5.41) is 10.6. The number of aromatic nitrogens is 5. The van der Waals surface area contributed by atoms with Gasteiger partial charge in [-0.25, -0.2) is 19.7 Å². The largest absolute Gasteiger partial charge is 0.480 e. The topological polar surface area (TPSA) is 118 Å². The number of fused-ring (bicyclic) bond motifs is 1. The number of piperidine rings is 1. The van der Waals surface area contributed by atoms with Crippen LogP contribution >= 0.6 is 11.6 Å². The fourth-order valence-corrected chi connectivity index (χ4v) is 4.22. The molecule has 0 unspecified atom stereocenters. The van der Waals surface area contributed by atoms with Crippen LogP contribution in [0.4, 0.5) is 10.6 Å². The van der Waals surface area contributed by atoms with Crippen LogP contribution in [0.1, 0.15) is 40.5 Å². The van der Waals surface area contributed by atoms with Crippen LogP contribution in [-0.2, 0) is 4.74 Å². The van der Waals surface area contributed by atoms with Crippen molar-refractivity contribution in [1.29, 1.82) is 0 Å². The first-order valence-corrected chi connectivity index (χ1v) is 11.6. The number of methoxy groups -OCH3 is 1. The fraction of sp³-hybridized carbons (Fsp3) is 0.522. The van der Waals surface area contributed by atoms with Crippen molar-refractivity contribution in [2.45, 2.75) is 46.1 Å². The van der Waals surface area contributed by atoms with E-state index in [0.717, 1.165) is 31.7 Å². The van der Waals surface area contributed by atoms with Crippen molar-refractivity contribution in [3.8, 4) is 17.1 Å². The molecule has 3 aromatic rings. The van der Waals surface area contributed by atoms with Gasteiger partial charge in [0, 0.05) is 31.4 Å². The predicted octanol–water partition coefficient (Wildman–Crippen LogP) is 4.21. The van der Waals surface area contributed by atoms with E-state index in [0.29, 0.717) is 39.9 Å². The number of hydrogen-bond donors (Lipinski definition) is 2. The molecule has 2 N–H and O–H groups in total. The molecule has 0 bridgehead atoms. The van der Waals surface area contributed by atoms with Crippen LogP contribution in [0, 0.1) is 5.41 Å². The summed E-state index contributed by atoms with van der Waals surface area (Å²) in [6.07, 6.45) is 4.81. The van der Waals surface area contributed by atoms with Gasteiger partial charge < -0.3 is 19.7 Å². The van der Waals surface area contributed by atoms with Gasteiger partial charge in [0.25, 0.3) is 0 Å². The van der Waals surface area contributed by atoms with Gasteiger partial charge in [-0.05, 0) is 45.1 Å². The first-order valence-electron chi connectivity index (χ1n) is 11.2. The number of nitrogens with one attached hydrogen (secondary N) is 2. The van der Waals surface area contributed by atoms with Gasteiger partial charge in [0.05, 0.1) is 19.0 Å². The van der Waals surface area contributed by atoms with E-state index in [2.05, 4.69) is 37.3 Å². The maximum absolute atomic E-state index is 12.0. The van der Waals surface area contributed by atoms with Crippen molar-refractivity contribution in [3.05, 3.63) is 23.5 Å². The number of nitrogens with zero attached hydrogens (tertiary/aromatic N) is 5. The van der Waals surface area contributed by atoms with Crippen LogP contribution in [-0.4, -0.2) is 63.6 Å². The van der Waals surface area contributed by atoms with Gasteiger partial charge in [0.2, 0.25) is 11.5 Å². The molecule has 0 radical (unpaired) electrons. The third-order valence-electron chi connectivity index (χ3n) is 5.92. The summed E-state index contributed by atoms with van der Waals surface area (Å²) < 4.78 is 10.6. The summed E-state index contributed by atoms with van der Waals surface area (Å²) in [5.74, 6) is 1.11. The summed E-state index contributed by atoms with van der Waals surface area (Å²) in [6, 6.07) is 1.78. The number of anilines is 1. The molecule has 0 saturated carbocycles. The summed E-state index contributed by atoms with van der Waals surface area (Å²) in [6.45, 7) is 9.93. The molecule has 10 nitrogen and oxygen atoms in total. The van der Waals surface area contributed by atoms with Crippen molar-refractivity contribution in [3.63, 3.8) is 0 Å². The zero-order valence-electron chi connectivity index (χ0n) is 20.1. The molecule has 4 rings (SSSR count). The maximum Gasteiger partial charge on any atom is 0.407 e. The Bertz CT molecular complexity index is 1180. The number of rotatable bonds is 5. The third kappa shape index (κ3) is 5.16. The van der Waals surface area contributed by atoms with Crippen LogP contribution < -0.4 is 15.0 Å². The molecule has 182 valence electrons. The third-order valence-corrected chi connectivity index (χ3v) is 6.29. The van der Waals surface area contributed by atoms with E-state index < -0.39 is 5.60 Å². The first kappa shape index (κ1) is 24.0. The van der Waals surface area contributed by atoms with E-state index >= 15 is 0 Å². The van der Waals surface area contributed by atoms with Crippen LogP contribution in [0.5, 0.6) is 5.88 Å². The van der Waals surface area contributed by atoms with E-state index in [4.69, 9.17) is 26.1 Å². The Balaban J connectivity index is 1.43. The minimum Gasteiger partial charge on any atom is -0.480 e. The molecule has 1 aliphatic heterocycles. The lowest BCUT2D eigenvalue weighted by Gasteiger charge is -2.39. The smallest absolute Gasteiger partial charge is 0.407 e. The average Bonchev–Trinajstić information content (AvgIpc) is 3.20. The average molecular weight is 488 g/mol. The van der Waals surface area contributed by atoms with Gasteiger partial charge >= 0.3 is 6.09 Å². The van der Waals surface area contributed by atoms with Crippen molar-refractivity contribution < 1.29 is 14.3 Å².